The molecule has 1 saturated heterocycles. The molecule has 1 heterocycles. The average Bonchev–Trinajstić information content (AvgIpc) is 2.41. The van der Waals surface area contributed by atoms with Crippen molar-refractivity contribution in [1.82, 2.24) is 10.2 Å². The zero-order valence-corrected chi connectivity index (χ0v) is 13.3. The van der Waals surface area contributed by atoms with Crippen LogP contribution in [0.2, 0.25) is 0 Å². The van der Waals surface area contributed by atoms with Crippen molar-refractivity contribution in [2.75, 3.05) is 19.7 Å². The number of amides is 1. The van der Waals surface area contributed by atoms with Crippen LogP contribution in [0.1, 0.15) is 31.4 Å². The van der Waals surface area contributed by atoms with Crippen LogP contribution in [0.25, 0.3) is 0 Å². The number of benzene rings is 1. The van der Waals surface area contributed by atoms with Gasteiger partial charge in [-0.15, -0.1) is 0 Å². The van der Waals surface area contributed by atoms with E-state index in [1.807, 2.05) is 6.92 Å². The molecule has 2 unspecified atom stereocenters. The summed E-state index contributed by atoms with van der Waals surface area (Å²) in [7, 11) is 0. The molecule has 4 heteroatoms. The maximum Gasteiger partial charge on any atom is 0.407 e. The molecule has 4 nitrogen and oxygen atoms in total. The quantitative estimate of drug-likeness (QED) is 0.927. The van der Waals surface area contributed by atoms with Crippen LogP contribution in [0.4, 0.5) is 4.79 Å². The van der Waals surface area contributed by atoms with Crippen molar-refractivity contribution >= 4 is 6.09 Å². The second-order valence-corrected chi connectivity index (χ2v) is 6.02. The highest BCUT2D eigenvalue weighted by Crippen LogP contribution is 2.20. The second kappa shape index (κ2) is 7.46. The summed E-state index contributed by atoms with van der Waals surface area (Å²) >= 11 is 0. The van der Waals surface area contributed by atoms with Gasteiger partial charge in [-0.2, -0.15) is 0 Å². The molecule has 0 saturated carbocycles. The Labute approximate surface area is 127 Å². The SMILES string of the molecule is CCOC(=O)NC1CC(C)CN(Cc2ccccc2C)C1. The van der Waals surface area contributed by atoms with E-state index < -0.39 is 0 Å². The van der Waals surface area contributed by atoms with Gasteiger partial charge >= 0.3 is 6.09 Å². The van der Waals surface area contributed by atoms with Gasteiger partial charge in [-0.3, -0.25) is 4.90 Å². The first-order chi connectivity index (χ1) is 10.1. The van der Waals surface area contributed by atoms with E-state index in [0.29, 0.717) is 12.5 Å². The van der Waals surface area contributed by atoms with Crippen molar-refractivity contribution in [3.8, 4) is 0 Å². The molecule has 1 aliphatic rings. The van der Waals surface area contributed by atoms with Gasteiger partial charge in [0, 0.05) is 25.7 Å². The summed E-state index contributed by atoms with van der Waals surface area (Å²) < 4.78 is 4.98. The Hall–Kier alpha value is -1.55. The Morgan fingerprint density at radius 3 is 2.86 bits per heavy atom. The summed E-state index contributed by atoms with van der Waals surface area (Å²) in [4.78, 5) is 14.0. The van der Waals surface area contributed by atoms with Gasteiger partial charge < -0.3 is 10.1 Å². The lowest BCUT2D eigenvalue weighted by Gasteiger charge is -2.36. The lowest BCUT2D eigenvalue weighted by molar-refractivity contribution is 0.117. The smallest absolute Gasteiger partial charge is 0.407 e. The van der Waals surface area contributed by atoms with E-state index in [1.165, 1.54) is 11.1 Å². The Morgan fingerprint density at radius 1 is 1.38 bits per heavy atom. The maximum absolute atomic E-state index is 11.6. The number of rotatable bonds is 4. The van der Waals surface area contributed by atoms with Crippen LogP contribution in [0.15, 0.2) is 24.3 Å². The lowest BCUT2D eigenvalue weighted by atomic mass is 9.95. The minimum Gasteiger partial charge on any atom is -0.450 e. The average molecular weight is 290 g/mol. The molecule has 0 spiro atoms. The summed E-state index contributed by atoms with van der Waals surface area (Å²) in [5.74, 6) is 0.578. The van der Waals surface area contributed by atoms with Crippen molar-refractivity contribution in [2.45, 2.75) is 39.8 Å². The third-order valence-corrected chi connectivity index (χ3v) is 3.99. The Balaban J connectivity index is 1.94. The molecule has 2 rings (SSSR count). The fourth-order valence-electron chi connectivity index (χ4n) is 3.06. The molecule has 2 atom stereocenters. The fraction of sp³-hybridized carbons (Fsp3) is 0.588. The van der Waals surface area contributed by atoms with Crippen LogP contribution < -0.4 is 5.32 Å². The largest absolute Gasteiger partial charge is 0.450 e. The van der Waals surface area contributed by atoms with Gasteiger partial charge in [-0.1, -0.05) is 31.2 Å². The third-order valence-electron chi connectivity index (χ3n) is 3.99. The number of hydrogen-bond acceptors (Lipinski definition) is 3. The van der Waals surface area contributed by atoms with Crippen LogP contribution >= 0.6 is 0 Å². The van der Waals surface area contributed by atoms with Crippen molar-refractivity contribution < 1.29 is 9.53 Å². The molecular formula is C17H26N2O2. The van der Waals surface area contributed by atoms with Crippen molar-refractivity contribution in [1.29, 1.82) is 0 Å². The second-order valence-electron chi connectivity index (χ2n) is 6.02. The summed E-state index contributed by atoms with van der Waals surface area (Å²) in [6.07, 6.45) is 0.718. The van der Waals surface area contributed by atoms with Gasteiger partial charge in [0.1, 0.15) is 0 Å². The number of carbonyl (C=O) groups is 1. The van der Waals surface area contributed by atoms with Crippen LogP contribution in [-0.2, 0) is 11.3 Å². The minimum atomic E-state index is -0.299. The van der Waals surface area contributed by atoms with E-state index in [1.54, 1.807) is 0 Å². The highest BCUT2D eigenvalue weighted by atomic mass is 16.5. The molecule has 1 N–H and O–H groups in total. The Kier molecular flexibility index (Phi) is 5.62. The molecule has 0 aromatic heterocycles. The molecule has 1 amide bonds. The first-order valence-corrected chi connectivity index (χ1v) is 7.78. The van der Waals surface area contributed by atoms with Crippen LogP contribution in [0.5, 0.6) is 0 Å². The number of carbonyl (C=O) groups excluding carboxylic acids is 1. The van der Waals surface area contributed by atoms with E-state index in [0.717, 1.165) is 26.1 Å². The number of nitrogens with one attached hydrogen (secondary N) is 1. The highest BCUT2D eigenvalue weighted by Gasteiger charge is 2.26. The number of ether oxygens (including phenoxy) is 1. The van der Waals surface area contributed by atoms with Crippen LogP contribution in [0, 0.1) is 12.8 Å². The Morgan fingerprint density at radius 2 is 2.14 bits per heavy atom. The van der Waals surface area contributed by atoms with E-state index >= 15 is 0 Å². The van der Waals surface area contributed by atoms with Gasteiger partial charge in [0.15, 0.2) is 0 Å². The predicted octanol–water partition coefficient (Wildman–Crippen LogP) is 2.95. The molecule has 1 aromatic carbocycles. The van der Waals surface area contributed by atoms with Gasteiger partial charge in [0.25, 0.3) is 0 Å². The third kappa shape index (κ3) is 4.74. The zero-order valence-electron chi connectivity index (χ0n) is 13.3. The van der Waals surface area contributed by atoms with Gasteiger partial charge in [-0.25, -0.2) is 4.79 Å². The van der Waals surface area contributed by atoms with E-state index in [4.69, 9.17) is 4.74 Å². The summed E-state index contributed by atoms with van der Waals surface area (Å²) in [5.41, 5.74) is 2.69. The van der Waals surface area contributed by atoms with Gasteiger partial charge in [0.05, 0.1) is 6.61 Å². The molecule has 116 valence electrons. The molecule has 0 radical (unpaired) electrons. The number of aryl methyl sites for hydroxylation is 1. The van der Waals surface area contributed by atoms with Gasteiger partial charge in [0.2, 0.25) is 0 Å². The minimum absolute atomic E-state index is 0.178. The zero-order chi connectivity index (χ0) is 15.2. The molecule has 0 bridgehead atoms. The van der Waals surface area contributed by atoms with Gasteiger partial charge in [-0.05, 0) is 37.3 Å². The van der Waals surface area contributed by atoms with E-state index in [9.17, 15) is 4.79 Å². The fourth-order valence-corrected chi connectivity index (χ4v) is 3.06. The number of alkyl carbamates (subject to hydrolysis) is 1. The number of piperidine rings is 1. The highest BCUT2D eigenvalue weighted by molar-refractivity contribution is 5.67. The topological polar surface area (TPSA) is 41.6 Å². The predicted molar refractivity (Wildman–Crippen MR) is 84.2 cm³/mol. The van der Waals surface area contributed by atoms with Crippen molar-refractivity contribution in [2.24, 2.45) is 5.92 Å². The number of likely N-dealkylation sites (tertiary alicyclic amines) is 1. The summed E-state index contributed by atoms with van der Waals surface area (Å²) in [6.45, 7) is 9.54. The molecule has 21 heavy (non-hydrogen) atoms. The molecule has 1 aromatic rings. The van der Waals surface area contributed by atoms with E-state index in [2.05, 4.69) is 48.3 Å². The normalized spacial score (nSPS) is 22.8. The standard InChI is InChI=1S/C17H26N2O2/c1-4-21-17(20)18-16-9-13(2)10-19(12-16)11-15-8-6-5-7-14(15)3/h5-8,13,16H,4,9-12H2,1-3H3,(H,18,20). The Bertz CT molecular complexity index is 476. The van der Waals surface area contributed by atoms with Crippen molar-refractivity contribution in [3.63, 3.8) is 0 Å². The first-order valence-electron chi connectivity index (χ1n) is 7.78. The monoisotopic (exact) mass is 290 g/mol. The lowest BCUT2D eigenvalue weighted by Crippen LogP contribution is -2.50. The summed E-state index contributed by atoms with van der Waals surface area (Å²) in [5, 5.41) is 2.98. The molecule has 0 aliphatic carbocycles. The van der Waals surface area contributed by atoms with E-state index in [-0.39, 0.29) is 12.1 Å². The summed E-state index contributed by atoms with van der Waals surface area (Å²) in [6, 6.07) is 8.67. The molecule has 1 fully saturated rings. The van der Waals surface area contributed by atoms with Crippen LogP contribution in [0.3, 0.4) is 0 Å². The number of hydrogen-bond donors (Lipinski definition) is 1. The van der Waals surface area contributed by atoms with Crippen LogP contribution in [-0.4, -0.2) is 36.7 Å². The number of nitrogens with zero attached hydrogens (tertiary/aromatic N) is 1. The van der Waals surface area contributed by atoms with Crippen molar-refractivity contribution in [3.05, 3.63) is 35.4 Å². The maximum atomic E-state index is 11.6. The first kappa shape index (κ1) is 15.8. The molecule has 1 aliphatic heterocycles. The molecular weight excluding hydrogens is 264 g/mol.